The summed E-state index contributed by atoms with van der Waals surface area (Å²) < 4.78 is 5.05. The van der Waals surface area contributed by atoms with Crippen LogP contribution in [0.3, 0.4) is 0 Å². The molecule has 1 amide bonds. The molecule has 1 aliphatic heterocycles. The van der Waals surface area contributed by atoms with E-state index in [9.17, 15) is 4.79 Å². The molecule has 2 heterocycles. The lowest BCUT2D eigenvalue weighted by atomic mass is 10.2. The van der Waals surface area contributed by atoms with Crippen LogP contribution in [0.15, 0.2) is 10.7 Å². The molecule has 0 saturated carbocycles. The third kappa shape index (κ3) is 2.37. The van der Waals surface area contributed by atoms with Crippen molar-refractivity contribution in [1.82, 2.24) is 9.88 Å². The van der Waals surface area contributed by atoms with E-state index >= 15 is 0 Å². The summed E-state index contributed by atoms with van der Waals surface area (Å²) in [4.78, 5) is 17.9. The summed E-state index contributed by atoms with van der Waals surface area (Å²) in [5, 5.41) is 0. The van der Waals surface area contributed by atoms with Gasteiger partial charge in [-0.1, -0.05) is 12.8 Å². The average Bonchev–Trinajstić information content (AvgIpc) is 2.53. The second-order valence-corrected chi connectivity index (χ2v) is 3.96. The first kappa shape index (κ1) is 10.2. The number of amides is 1. The standard InChI is InChI=1S/C11H16N2O2/c1-9-12-10(8-15-9)11(14)13-6-4-2-3-5-7-13/h8H,2-7H2,1H3. The number of carbonyl (C=O) groups excluding carboxylic acids is 1. The Morgan fingerprint density at radius 1 is 1.33 bits per heavy atom. The number of hydrogen-bond acceptors (Lipinski definition) is 3. The molecule has 0 unspecified atom stereocenters. The third-order valence-electron chi connectivity index (χ3n) is 2.73. The Bertz CT molecular complexity index is 338. The fraction of sp³-hybridized carbons (Fsp3) is 0.636. The highest BCUT2D eigenvalue weighted by Gasteiger charge is 2.19. The molecule has 0 spiro atoms. The van der Waals surface area contributed by atoms with Crippen molar-refractivity contribution in [2.24, 2.45) is 0 Å². The summed E-state index contributed by atoms with van der Waals surface area (Å²) in [6.45, 7) is 3.45. The zero-order valence-corrected chi connectivity index (χ0v) is 9.03. The van der Waals surface area contributed by atoms with Gasteiger partial charge in [0.2, 0.25) is 0 Å². The smallest absolute Gasteiger partial charge is 0.275 e. The molecule has 1 saturated heterocycles. The number of aryl methyl sites for hydroxylation is 1. The molecular weight excluding hydrogens is 192 g/mol. The van der Waals surface area contributed by atoms with E-state index in [1.165, 1.54) is 19.1 Å². The van der Waals surface area contributed by atoms with Crippen LogP contribution in [-0.4, -0.2) is 28.9 Å². The molecule has 0 radical (unpaired) electrons. The van der Waals surface area contributed by atoms with Gasteiger partial charge in [0.15, 0.2) is 11.6 Å². The first-order valence-electron chi connectivity index (χ1n) is 5.49. The Morgan fingerprint density at radius 3 is 2.53 bits per heavy atom. The highest BCUT2D eigenvalue weighted by molar-refractivity contribution is 5.92. The van der Waals surface area contributed by atoms with Gasteiger partial charge in [-0.3, -0.25) is 4.79 Å². The number of hydrogen-bond donors (Lipinski definition) is 0. The van der Waals surface area contributed by atoms with Crippen molar-refractivity contribution >= 4 is 5.91 Å². The predicted octanol–water partition coefficient (Wildman–Crippen LogP) is 2.00. The Kier molecular flexibility index (Phi) is 3.04. The van der Waals surface area contributed by atoms with Crippen molar-refractivity contribution < 1.29 is 9.21 Å². The minimum Gasteiger partial charge on any atom is -0.448 e. The summed E-state index contributed by atoms with van der Waals surface area (Å²) in [6, 6.07) is 0. The minimum absolute atomic E-state index is 0.00810. The number of oxazole rings is 1. The van der Waals surface area contributed by atoms with Crippen molar-refractivity contribution in [3.63, 3.8) is 0 Å². The lowest BCUT2D eigenvalue weighted by Crippen LogP contribution is -2.32. The van der Waals surface area contributed by atoms with E-state index in [0.29, 0.717) is 11.6 Å². The van der Waals surface area contributed by atoms with E-state index in [2.05, 4.69) is 4.98 Å². The van der Waals surface area contributed by atoms with Gasteiger partial charge in [-0.15, -0.1) is 0 Å². The number of carbonyl (C=O) groups is 1. The summed E-state index contributed by atoms with van der Waals surface area (Å²) in [7, 11) is 0. The van der Waals surface area contributed by atoms with Crippen molar-refractivity contribution in [2.75, 3.05) is 13.1 Å². The molecule has 1 fully saturated rings. The fourth-order valence-corrected chi connectivity index (χ4v) is 1.90. The summed E-state index contributed by atoms with van der Waals surface area (Å²) in [5.74, 6) is 0.557. The SMILES string of the molecule is Cc1nc(C(=O)N2CCCCCC2)co1. The van der Waals surface area contributed by atoms with Crippen LogP contribution in [0.2, 0.25) is 0 Å². The van der Waals surface area contributed by atoms with Gasteiger partial charge in [0.05, 0.1) is 0 Å². The molecule has 0 aromatic carbocycles. The quantitative estimate of drug-likeness (QED) is 0.709. The molecule has 4 heteroatoms. The maximum Gasteiger partial charge on any atom is 0.275 e. The minimum atomic E-state index is 0.00810. The number of rotatable bonds is 1. The van der Waals surface area contributed by atoms with E-state index in [4.69, 9.17) is 4.42 Å². The third-order valence-corrected chi connectivity index (χ3v) is 2.73. The molecule has 1 aromatic rings. The highest BCUT2D eigenvalue weighted by atomic mass is 16.3. The second-order valence-electron chi connectivity index (χ2n) is 3.96. The molecule has 1 aliphatic rings. The largest absolute Gasteiger partial charge is 0.448 e. The lowest BCUT2D eigenvalue weighted by molar-refractivity contribution is 0.0755. The van der Waals surface area contributed by atoms with E-state index in [0.717, 1.165) is 25.9 Å². The monoisotopic (exact) mass is 208 g/mol. The van der Waals surface area contributed by atoms with Gasteiger partial charge in [0, 0.05) is 20.0 Å². The molecule has 1 aromatic heterocycles. The molecule has 0 bridgehead atoms. The summed E-state index contributed by atoms with van der Waals surface area (Å²) in [5.41, 5.74) is 0.439. The van der Waals surface area contributed by atoms with Crippen molar-refractivity contribution in [3.05, 3.63) is 17.8 Å². The summed E-state index contributed by atoms with van der Waals surface area (Å²) in [6.07, 6.45) is 6.09. The maximum absolute atomic E-state index is 12.0. The first-order valence-corrected chi connectivity index (χ1v) is 5.49. The predicted molar refractivity (Wildman–Crippen MR) is 55.6 cm³/mol. The van der Waals surface area contributed by atoms with Crippen LogP contribution < -0.4 is 0 Å². The van der Waals surface area contributed by atoms with Crippen LogP contribution in [0.1, 0.15) is 42.1 Å². The van der Waals surface area contributed by atoms with Crippen molar-refractivity contribution in [2.45, 2.75) is 32.6 Å². The fourth-order valence-electron chi connectivity index (χ4n) is 1.90. The van der Waals surface area contributed by atoms with Gasteiger partial charge in [-0.2, -0.15) is 0 Å². The number of aromatic nitrogens is 1. The van der Waals surface area contributed by atoms with Crippen LogP contribution in [0.5, 0.6) is 0 Å². The molecule has 0 aliphatic carbocycles. The van der Waals surface area contributed by atoms with E-state index in [1.807, 2.05) is 4.90 Å². The molecule has 0 atom stereocenters. The topological polar surface area (TPSA) is 46.3 Å². The Balaban J connectivity index is 2.06. The Hall–Kier alpha value is -1.32. The normalized spacial score (nSPS) is 17.5. The van der Waals surface area contributed by atoms with Gasteiger partial charge in [0.25, 0.3) is 5.91 Å². The highest BCUT2D eigenvalue weighted by Crippen LogP contribution is 2.13. The second kappa shape index (κ2) is 4.47. The van der Waals surface area contributed by atoms with Gasteiger partial charge in [-0.05, 0) is 12.8 Å². The average molecular weight is 208 g/mol. The Morgan fingerprint density at radius 2 is 2.00 bits per heavy atom. The van der Waals surface area contributed by atoms with Crippen LogP contribution in [-0.2, 0) is 0 Å². The first-order chi connectivity index (χ1) is 7.27. The van der Waals surface area contributed by atoms with Gasteiger partial charge >= 0.3 is 0 Å². The van der Waals surface area contributed by atoms with Crippen LogP contribution in [0, 0.1) is 6.92 Å². The molecule has 0 N–H and O–H groups in total. The maximum atomic E-state index is 12.0. The lowest BCUT2D eigenvalue weighted by Gasteiger charge is -2.18. The van der Waals surface area contributed by atoms with Crippen molar-refractivity contribution in [1.29, 1.82) is 0 Å². The number of likely N-dealkylation sites (tertiary alicyclic amines) is 1. The van der Waals surface area contributed by atoms with Crippen LogP contribution >= 0.6 is 0 Å². The van der Waals surface area contributed by atoms with Gasteiger partial charge in [-0.25, -0.2) is 4.98 Å². The molecule has 2 rings (SSSR count). The van der Waals surface area contributed by atoms with E-state index in [-0.39, 0.29) is 5.91 Å². The van der Waals surface area contributed by atoms with E-state index < -0.39 is 0 Å². The summed E-state index contributed by atoms with van der Waals surface area (Å²) >= 11 is 0. The molecule has 4 nitrogen and oxygen atoms in total. The van der Waals surface area contributed by atoms with Crippen LogP contribution in [0.25, 0.3) is 0 Å². The molecule has 82 valence electrons. The van der Waals surface area contributed by atoms with Gasteiger partial charge in [0.1, 0.15) is 6.26 Å². The zero-order valence-electron chi connectivity index (χ0n) is 9.03. The van der Waals surface area contributed by atoms with E-state index in [1.54, 1.807) is 6.92 Å². The Labute approximate surface area is 89.3 Å². The number of nitrogens with zero attached hydrogens (tertiary/aromatic N) is 2. The van der Waals surface area contributed by atoms with Crippen molar-refractivity contribution in [3.8, 4) is 0 Å². The molecular formula is C11H16N2O2. The zero-order chi connectivity index (χ0) is 10.7. The van der Waals surface area contributed by atoms with Crippen LogP contribution in [0.4, 0.5) is 0 Å². The van der Waals surface area contributed by atoms with Gasteiger partial charge < -0.3 is 9.32 Å². The molecule has 15 heavy (non-hydrogen) atoms.